The molecule has 2 aliphatic heterocycles. The maximum absolute atomic E-state index is 12.2. The molecule has 1 amide bonds. The number of fused-ring (bicyclic) bond motifs is 2. The number of ether oxygens (including phenoxy) is 4. The lowest BCUT2D eigenvalue weighted by molar-refractivity contribution is -0.224. The zero-order chi connectivity index (χ0) is 22.6. The molecule has 1 unspecified atom stereocenters. The Hall–Kier alpha value is -2.31. The fraction of sp³-hybridized carbons (Fsp3) is 0.650. The molecule has 3 atom stereocenters. The zero-order valence-electron chi connectivity index (χ0n) is 18.2. The van der Waals surface area contributed by atoms with Crippen LogP contribution in [0.15, 0.2) is 18.5 Å². The number of hydrogen-bond donors (Lipinski definition) is 3. The predicted octanol–water partition coefficient (Wildman–Crippen LogP) is 1.39. The number of rotatable bonds is 4. The van der Waals surface area contributed by atoms with E-state index in [0.29, 0.717) is 11.2 Å². The van der Waals surface area contributed by atoms with Crippen LogP contribution < -0.4 is 5.32 Å². The second-order valence-electron chi connectivity index (χ2n) is 9.23. The maximum Gasteiger partial charge on any atom is 0.413 e. The molecule has 11 nitrogen and oxygen atoms in total. The summed E-state index contributed by atoms with van der Waals surface area (Å²) >= 11 is 0. The number of amides is 1. The van der Waals surface area contributed by atoms with Crippen LogP contribution in [0.5, 0.6) is 0 Å². The highest BCUT2D eigenvalue weighted by molar-refractivity contribution is 5.88. The van der Waals surface area contributed by atoms with Crippen molar-refractivity contribution in [2.45, 2.75) is 69.9 Å². The number of hydrogen-bond acceptors (Lipinski definition) is 9. The summed E-state index contributed by atoms with van der Waals surface area (Å²) in [5.41, 5.74) is -0.854. The molecule has 0 spiro atoms. The minimum Gasteiger partial charge on any atom is -0.444 e. The first-order chi connectivity index (χ1) is 14.5. The number of nitrogens with one attached hydrogen (secondary N) is 1. The number of aliphatic hydroxyl groups excluding tert-OH is 2. The Kier molecular flexibility index (Phi) is 5.22. The van der Waals surface area contributed by atoms with E-state index in [-0.39, 0.29) is 5.82 Å². The van der Waals surface area contributed by atoms with Crippen molar-refractivity contribution in [2.24, 2.45) is 0 Å². The van der Waals surface area contributed by atoms with Gasteiger partial charge in [-0.25, -0.2) is 14.3 Å². The van der Waals surface area contributed by atoms with E-state index in [1.54, 1.807) is 51.3 Å². The number of aliphatic hydroxyl groups is 2. The summed E-state index contributed by atoms with van der Waals surface area (Å²) < 4.78 is 25.0. The molecule has 2 fully saturated rings. The number of carbonyl (C=O) groups excluding carboxylic acids is 1. The second kappa shape index (κ2) is 7.38. The average molecular weight is 436 g/mol. The number of carbonyl (C=O) groups is 1. The number of anilines is 1. The van der Waals surface area contributed by atoms with Gasteiger partial charge in [-0.1, -0.05) is 0 Å². The highest BCUT2D eigenvalue weighted by Crippen LogP contribution is 2.49. The van der Waals surface area contributed by atoms with Crippen LogP contribution in [0.1, 0.15) is 46.4 Å². The molecule has 2 saturated heterocycles. The van der Waals surface area contributed by atoms with E-state index in [1.807, 2.05) is 0 Å². The molecule has 2 aromatic rings. The Morgan fingerprint density at radius 2 is 1.94 bits per heavy atom. The quantitative estimate of drug-likeness (QED) is 0.649. The van der Waals surface area contributed by atoms with Crippen LogP contribution in [0.25, 0.3) is 5.52 Å². The molecule has 0 aromatic carbocycles. The van der Waals surface area contributed by atoms with Crippen LogP contribution >= 0.6 is 0 Å². The summed E-state index contributed by atoms with van der Waals surface area (Å²) in [7, 11) is 0. The molecule has 31 heavy (non-hydrogen) atoms. The summed E-state index contributed by atoms with van der Waals surface area (Å²) in [5.74, 6) is -0.636. The molecule has 11 heteroatoms. The van der Waals surface area contributed by atoms with Gasteiger partial charge in [0, 0.05) is 0 Å². The van der Waals surface area contributed by atoms with Crippen molar-refractivity contribution < 1.29 is 34.0 Å². The van der Waals surface area contributed by atoms with Crippen molar-refractivity contribution in [3.8, 4) is 0 Å². The van der Waals surface area contributed by atoms with Crippen LogP contribution in [0.2, 0.25) is 0 Å². The highest BCUT2D eigenvalue weighted by Gasteiger charge is 2.63. The van der Waals surface area contributed by atoms with Crippen LogP contribution in [0.3, 0.4) is 0 Å². The van der Waals surface area contributed by atoms with Crippen molar-refractivity contribution in [3.63, 3.8) is 0 Å². The fourth-order valence-corrected chi connectivity index (χ4v) is 4.00. The largest absolute Gasteiger partial charge is 0.444 e. The fourth-order valence-electron chi connectivity index (χ4n) is 4.00. The summed E-state index contributed by atoms with van der Waals surface area (Å²) in [4.78, 5) is 16.3. The Bertz CT molecular complexity index is 980. The van der Waals surface area contributed by atoms with E-state index in [0.717, 1.165) is 0 Å². The first kappa shape index (κ1) is 21.9. The molecular formula is C20H28N4O7. The summed E-state index contributed by atoms with van der Waals surface area (Å²) in [6.45, 7) is 7.96. The maximum atomic E-state index is 12.2. The Morgan fingerprint density at radius 1 is 1.23 bits per heavy atom. The molecule has 4 heterocycles. The highest BCUT2D eigenvalue weighted by atomic mass is 16.8. The van der Waals surface area contributed by atoms with E-state index >= 15 is 0 Å². The summed E-state index contributed by atoms with van der Waals surface area (Å²) in [6.07, 6.45) is -1.27. The molecular weight excluding hydrogens is 408 g/mol. The summed E-state index contributed by atoms with van der Waals surface area (Å²) in [5, 5.41) is 26.9. The first-order valence-electron chi connectivity index (χ1n) is 10.1. The van der Waals surface area contributed by atoms with E-state index in [4.69, 9.17) is 18.9 Å². The van der Waals surface area contributed by atoms with Crippen molar-refractivity contribution in [2.75, 3.05) is 18.5 Å². The Morgan fingerprint density at radius 3 is 2.58 bits per heavy atom. The molecule has 0 aliphatic carbocycles. The standard InChI is InChI=1S/C20H28N4O7/c1-18(2,3)31-17(27)23-16-12-7-6-11(24(12)22-10-21-16)13-14-15(30-19(4,5)28-14)20(8-25,9-26)29-13/h6-7,10,13-15,25-26H,8-9H2,1-5H3,(H,21,22,23,27)/t13?,14-,15-/m0/s1. The third-order valence-electron chi connectivity index (χ3n) is 5.24. The van der Waals surface area contributed by atoms with Crippen molar-refractivity contribution in [3.05, 3.63) is 24.2 Å². The van der Waals surface area contributed by atoms with Crippen molar-refractivity contribution in [1.29, 1.82) is 0 Å². The minimum atomic E-state index is -1.32. The molecule has 2 aromatic heterocycles. The van der Waals surface area contributed by atoms with Crippen molar-refractivity contribution in [1.82, 2.24) is 14.6 Å². The van der Waals surface area contributed by atoms with Gasteiger partial charge in [-0.2, -0.15) is 5.10 Å². The topological polar surface area (TPSA) is 137 Å². The van der Waals surface area contributed by atoms with Gasteiger partial charge in [0.05, 0.1) is 18.9 Å². The minimum absolute atomic E-state index is 0.268. The van der Waals surface area contributed by atoms with Gasteiger partial charge < -0.3 is 29.2 Å². The lowest BCUT2D eigenvalue weighted by Crippen LogP contribution is -2.49. The van der Waals surface area contributed by atoms with Gasteiger partial charge in [-0.3, -0.25) is 5.32 Å². The second-order valence-corrected chi connectivity index (χ2v) is 9.23. The van der Waals surface area contributed by atoms with Gasteiger partial charge in [0.1, 0.15) is 41.4 Å². The number of aromatic nitrogens is 3. The van der Waals surface area contributed by atoms with Gasteiger partial charge in [0.2, 0.25) is 0 Å². The normalized spacial score (nSPS) is 26.7. The molecule has 0 radical (unpaired) electrons. The predicted molar refractivity (Wildman–Crippen MR) is 107 cm³/mol. The third-order valence-corrected chi connectivity index (χ3v) is 5.24. The van der Waals surface area contributed by atoms with E-state index in [1.165, 1.54) is 6.33 Å². The molecule has 2 aliphatic rings. The Labute approximate surface area is 179 Å². The lowest BCUT2D eigenvalue weighted by Gasteiger charge is -2.31. The smallest absolute Gasteiger partial charge is 0.413 e. The lowest BCUT2D eigenvalue weighted by atomic mass is 9.95. The molecule has 3 N–H and O–H groups in total. The number of nitrogens with zero attached hydrogens (tertiary/aromatic N) is 3. The molecule has 0 bridgehead atoms. The van der Waals surface area contributed by atoms with E-state index in [9.17, 15) is 15.0 Å². The molecule has 4 rings (SSSR count). The van der Waals surface area contributed by atoms with Gasteiger partial charge in [-0.15, -0.1) is 0 Å². The van der Waals surface area contributed by atoms with Crippen LogP contribution in [0.4, 0.5) is 10.6 Å². The Balaban J connectivity index is 1.68. The van der Waals surface area contributed by atoms with E-state index in [2.05, 4.69) is 15.4 Å². The van der Waals surface area contributed by atoms with Crippen LogP contribution in [-0.2, 0) is 18.9 Å². The van der Waals surface area contributed by atoms with Gasteiger partial charge in [0.25, 0.3) is 0 Å². The van der Waals surface area contributed by atoms with Crippen LogP contribution in [-0.4, -0.2) is 73.3 Å². The summed E-state index contributed by atoms with van der Waals surface area (Å²) in [6, 6.07) is 3.50. The van der Waals surface area contributed by atoms with Crippen LogP contribution in [0, 0.1) is 0 Å². The van der Waals surface area contributed by atoms with Crippen molar-refractivity contribution >= 4 is 17.4 Å². The average Bonchev–Trinajstić information content (AvgIpc) is 3.30. The van der Waals surface area contributed by atoms with E-state index < -0.39 is 54.6 Å². The third kappa shape index (κ3) is 3.87. The van der Waals surface area contributed by atoms with Gasteiger partial charge in [0.15, 0.2) is 11.6 Å². The molecule has 0 saturated carbocycles. The SMILES string of the molecule is CC(C)(C)OC(=O)Nc1ncnn2c(C3OC(CO)(CO)[C@H]4OC(C)(C)O[C@@H]34)ccc12. The van der Waals surface area contributed by atoms with Gasteiger partial charge in [-0.05, 0) is 46.8 Å². The molecule has 170 valence electrons. The van der Waals surface area contributed by atoms with Gasteiger partial charge >= 0.3 is 6.09 Å². The first-order valence-corrected chi connectivity index (χ1v) is 10.1. The monoisotopic (exact) mass is 436 g/mol. The zero-order valence-corrected chi connectivity index (χ0v) is 18.2.